The molecule has 4 N–H and O–H groups in total. The number of nitrogens with one attached hydrogen (secondary N) is 2. The molecule has 0 aliphatic heterocycles. The summed E-state index contributed by atoms with van der Waals surface area (Å²) in [6.45, 7) is 7.05. The van der Waals surface area contributed by atoms with E-state index in [1.807, 2.05) is 18.2 Å². The number of aliphatic imine (C=N–C) groups is 1. The molecule has 1 amide bonds. The lowest BCUT2D eigenvalue weighted by Gasteiger charge is -2.15. The van der Waals surface area contributed by atoms with Crippen molar-refractivity contribution in [3.63, 3.8) is 0 Å². The minimum absolute atomic E-state index is 0. The minimum Gasteiger partial charge on any atom is -0.370 e. The molecule has 1 unspecified atom stereocenters. The van der Waals surface area contributed by atoms with Crippen LogP contribution in [0.1, 0.15) is 56.0 Å². The number of carbonyl (C=O) groups excluding carboxylic acids is 1. The molecule has 0 bridgehead atoms. The maximum Gasteiger partial charge on any atom is 0.251 e. The number of nitrogens with zero attached hydrogens (tertiary/aromatic N) is 1. The third-order valence-electron chi connectivity index (χ3n) is 3.66. The highest BCUT2D eigenvalue weighted by atomic mass is 127. The molecule has 0 aliphatic carbocycles. The predicted octanol–water partition coefficient (Wildman–Crippen LogP) is 3.28. The van der Waals surface area contributed by atoms with Crippen molar-refractivity contribution in [1.82, 2.24) is 10.6 Å². The highest BCUT2D eigenvalue weighted by Gasteiger charge is 2.05. The molecule has 6 heteroatoms. The Balaban J connectivity index is 0.00000529. The molecular formula is C18H31IN4O. The molecule has 0 saturated carbocycles. The van der Waals surface area contributed by atoms with E-state index in [0.717, 1.165) is 17.9 Å². The Bertz CT molecular complexity index is 532. The Labute approximate surface area is 162 Å². The number of rotatable bonds is 8. The summed E-state index contributed by atoms with van der Waals surface area (Å²) in [4.78, 5) is 16.0. The van der Waals surface area contributed by atoms with Gasteiger partial charge in [0.2, 0.25) is 0 Å². The van der Waals surface area contributed by atoms with Crippen LogP contribution in [0.15, 0.2) is 29.3 Å². The van der Waals surface area contributed by atoms with Crippen molar-refractivity contribution in [2.75, 3.05) is 7.05 Å². The van der Waals surface area contributed by atoms with Crippen molar-refractivity contribution in [2.45, 2.75) is 52.6 Å². The fourth-order valence-electron chi connectivity index (χ4n) is 2.33. The van der Waals surface area contributed by atoms with E-state index >= 15 is 0 Å². The third-order valence-corrected chi connectivity index (χ3v) is 3.66. The summed E-state index contributed by atoms with van der Waals surface area (Å²) in [5.41, 5.74) is 7.53. The number of guanidine groups is 1. The molecule has 1 aromatic rings. The van der Waals surface area contributed by atoms with E-state index in [0.29, 0.717) is 24.1 Å². The first-order valence-electron chi connectivity index (χ1n) is 8.29. The van der Waals surface area contributed by atoms with Crippen molar-refractivity contribution >= 4 is 35.8 Å². The van der Waals surface area contributed by atoms with Crippen molar-refractivity contribution in [3.8, 4) is 0 Å². The molecule has 0 saturated heterocycles. The topological polar surface area (TPSA) is 79.5 Å². The number of hydrogen-bond acceptors (Lipinski definition) is 2. The average molecular weight is 446 g/mol. The Morgan fingerprint density at radius 3 is 2.58 bits per heavy atom. The summed E-state index contributed by atoms with van der Waals surface area (Å²) in [6, 6.07) is 7.73. The Morgan fingerprint density at radius 2 is 1.96 bits per heavy atom. The molecule has 0 radical (unpaired) electrons. The van der Waals surface area contributed by atoms with E-state index in [9.17, 15) is 4.79 Å². The van der Waals surface area contributed by atoms with Gasteiger partial charge < -0.3 is 16.4 Å². The number of hydrogen-bond donors (Lipinski definition) is 3. The van der Waals surface area contributed by atoms with Gasteiger partial charge in [0.1, 0.15) is 0 Å². The van der Waals surface area contributed by atoms with E-state index in [1.165, 1.54) is 12.8 Å². The Kier molecular flexibility index (Phi) is 11.4. The number of benzene rings is 1. The van der Waals surface area contributed by atoms with E-state index in [-0.39, 0.29) is 29.9 Å². The van der Waals surface area contributed by atoms with Crippen LogP contribution < -0.4 is 16.4 Å². The van der Waals surface area contributed by atoms with Gasteiger partial charge >= 0.3 is 0 Å². The third kappa shape index (κ3) is 9.10. The van der Waals surface area contributed by atoms with Crippen LogP contribution in [0.3, 0.4) is 0 Å². The molecule has 0 heterocycles. The number of halogens is 1. The van der Waals surface area contributed by atoms with Crippen LogP contribution in [0.4, 0.5) is 0 Å². The van der Waals surface area contributed by atoms with Crippen LogP contribution in [0.25, 0.3) is 0 Å². The van der Waals surface area contributed by atoms with Crippen molar-refractivity contribution < 1.29 is 4.79 Å². The zero-order chi connectivity index (χ0) is 17.2. The maximum absolute atomic E-state index is 11.6. The van der Waals surface area contributed by atoms with Crippen LogP contribution in [-0.4, -0.2) is 25.0 Å². The molecule has 1 atom stereocenters. The largest absolute Gasteiger partial charge is 0.370 e. The van der Waals surface area contributed by atoms with Crippen LogP contribution >= 0.6 is 24.0 Å². The van der Waals surface area contributed by atoms with Crippen LogP contribution in [0.5, 0.6) is 0 Å². The second kappa shape index (κ2) is 12.1. The minimum atomic E-state index is -0.0966. The Morgan fingerprint density at radius 1 is 1.25 bits per heavy atom. The van der Waals surface area contributed by atoms with Gasteiger partial charge in [0.15, 0.2) is 5.96 Å². The van der Waals surface area contributed by atoms with Crippen LogP contribution in [0, 0.1) is 5.92 Å². The first kappa shape index (κ1) is 22.7. The van der Waals surface area contributed by atoms with Crippen molar-refractivity contribution in [2.24, 2.45) is 16.6 Å². The summed E-state index contributed by atoms with van der Waals surface area (Å²) in [5.74, 6) is 1.09. The predicted molar refractivity (Wildman–Crippen MR) is 112 cm³/mol. The molecule has 24 heavy (non-hydrogen) atoms. The summed E-state index contributed by atoms with van der Waals surface area (Å²) in [6.07, 6.45) is 3.50. The highest BCUT2D eigenvalue weighted by Crippen LogP contribution is 2.09. The molecule has 0 aliphatic rings. The van der Waals surface area contributed by atoms with Crippen molar-refractivity contribution in [1.29, 1.82) is 0 Å². The van der Waals surface area contributed by atoms with Gasteiger partial charge in [-0.1, -0.05) is 38.8 Å². The highest BCUT2D eigenvalue weighted by molar-refractivity contribution is 14.0. The van der Waals surface area contributed by atoms with Crippen LogP contribution in [-0.2, 0) is 6.54 Å². The standard InChI is InChI=1S/C18H30N4O.HI/c1-13(2)7-5-8-14(3)22-18(19)21-12-15-9-6-10-16(11-15)17(23)20-4;/h6,9-11,13-14H,5,7-8,12H2,1-4H3,(H,20,23)(H3,19,21,22);1H. The van der Waals surface area contributed by atoms with Gasteiger partial charge in [-0.2, -0.15) is 0 Å². The number of carbonyl (C=O) groups is 1. The zero-order valence-corrected chi connectivity index (χ0v) is 17.5. The molecule has 5 nitrogen and oxygen atoms in total. The molecule has 0 aromatic heterocycles. The van der Waals surface area contributed by atoms with Gasteiger partial charge in [0.25, 0.3) is 5.91 Å². The van der Waals surface area contributed by atoms with Gasteiger partial charge in [-0.15, -0.1) is 24.0 Å². The summed E-state index contributed by atoms with van der Waals surface area (Å²) >= 11 is 0. The number of amides is 1. The molecular weight excluding hydrogens is 415 g/mol. The van der Waals surface area contributed by atoms with E-state index < -0.39 is 0 Å². The molecule has 0 fully saturated rings. The fraction of sp³-hybridized carbons (Fsp3) is 0.556. The fourth-order valence-corrected chi connectivity index (χ4v) is 2.33. The monoisotopic (exact) mass is 446 g/mol. The van der Waals surface area contributed by atoms with Crippen molar-refractivity contribution in [3.05, 3.63) is 35.4 Å². The maximum atomic E-state index is 11.6. The summed E-state index contributed by atoms with van der Waals surface area (Å²) in [5, 5.41) is 5.84. The average Bonchev–Trinajstić information content (AvgIpc) is 2.52. The number of nitrogens with two attached hydrogens (primary N) is 1. The molecule has 0 spiro atoms. The molecule has 1 rings (SSSR count). The normalized spacial score (nSPS) is 12.5. The lowest BCUT2D eigenvalue weighted by atomic mass is 10.0. The van der Waals surface area contributed by atoms with Gasteiger partial charge in [0.05, 0.1) is 6.54 Å². The second-order valence-electron chi connectivity index (χ2n) is 6.35. The van der Waals surface area contributed by atoms with Gasteiger partial charge in [0, 0.05) is 18.7 Å². The van der Waals surface area contributed by atoms with Gasteiger partial charge in [-0.25, -0.2) is 4.99 Å². The quantitative estimate of drug-likeness (QED) is 0.326. The summed E-state index contributed by atoms with van der Waals surface area (Å²) in [7, 11) is 1.62. The van der Waals surface area contributed by atoms with Gasteiger partial charge in [-0.3, -0.25) is 4.79 Å². The lowest BCUT2D eigenvalue weighted by Crippen LogP contribution is -2.38. The van der Waals surface area contributed by atoms with E-state index in [4.69, 9.17) is 5.73 Å². The molecule has 136 valence electrons. The Hall–Kier alpha value is -1.31. The zero-order valence-electron chi connectivity index (χ0n) is 15.1. The van der Waals surface area contributed by atoms with Gasteiger partial charge in [-0.05, 0) is 37.0 Å². The first-order valence-corrected chi connectivity index (χ1v) is 8.29. The lowest BCUT2D eigenvalue weighted by molar-refractivity contribution is 0.0963. The first-order chi connectivity index (χ1) is 10.9. The smallest absolute Gasteiger partial charge is 0.251 e. The van der Waals surface area contributed by atoms with Crippen LogP contribution in [0.2, 0.25) is 0 Å². The molecule has 1 aromatic carbocycles. The van der Waals surface area contributed by atoms with E-state index in [2.05, 4.69) is 36.4 Å². The second-order valence-corrected chi connectivity index (χ2v) is 6.35. The SMILES string of the molecule is CNC(=O)c1cccc(CN=C(N)NC(C)CCCC(C)C)c1.I. The summed E-state index contributed by atoms with van der Waals surface area (Å²) < 4.78 is 0. The van der Waals surface area contributed by atoms with E-state index in [1.54, 1.807) is 13.1 Å².